The van der Waals surface area contributed by atoms with E-state index in [2.05, 4.69) is 17.2 Å². The quantitative estimate of drug-likeness (QED) is 0.515. The van der Waals surface area contributed by atoms with Crippen LogP contribution in [0.3, 0.4) is 0 Å². The van der Waals surface area contributed by atoms with E-state index in [4.69, 9.17) is 21.1 Å². The number of ether oxygens (including phenoxy) is 2. The van der Waals surface area contributed by atoms with Crippen LogP contribution in [0.15, 0.2) is 12.1 Å². The number of rotatable bonds is 8. The molecule has 0 spiro atoms. The third kappa shape index (κ3) is 5.74. The number of aryl methyl sites for hydroxylation is 1. The number of esters is 1. The van der Waals surface area contributed by atoms with Gasteiger partial charge in [-0.05, 0) is 68.7 Å². The Morgan fingerprint density at radius 3 is 2.72 bits per heavy atom. The number of benzene rings is 1. The first-order chi connectivity index (χ1) is 13.9. The minimum absolute atomic E-state index is 0.108. The van der Waals surface area contributed by atoms with E-state index in [0.717, 1.165) is 29.5 Å². The monoisotopic (exact) mass is 419 g/mol. The van der Waals surface area contributed by atoms with Crippen molar-refractivity contribution in [1.29, 1.82) is 0 Å². The standard InChI is InChI=1S/C23H30ClNO4/c1-5-8-16-11-18(6-2)19(20(24)12-16)13-21(26)25-23(22(27)28-4)10-9-17(14-23)15-29-7-3/h11-12,17H,6-7,9-10,13-15H2,1-4H3,(H,25,26). The van der Waals surface area contributed by atoms with Gasteiger partial charge in [0.25, 0.3) is 0 Å². The fraction of sp³-hybridized carbons (Fsp3) is 0.565. The van der Waals surface area contributed by atoms with E-state index in [9.17, 15) is 9.59 Å². The maximum Gasteiger partial charge on any atom is 0.331 e. The molecule has 6 heteroatoms. The third-order valence-corrected chi connectivity index (χ3v) is 5.74. The average Bonchev–Trinajstić information content (AvgIpc) is 3.11. The molecule has 158 valence electrons. The fourth-order valence-corrected chi connectivity index (χ4v) is 4.32. The largest absolute Gasteiger partial charge is 0.467 e. The molecule has 2 rings (SSSR count). The SMILES string of the molecule is CC#Cc1cc(Cl)c(CC(=O)NC2(C(=O)OC)CCC(COCC)C2)c(CC)c1. The predicted molar refractivity (Wildman–Crippen MR) is 114 cm³/mol. The molecule has 1 aliphatic carbocycles. The number of carbonyl (C=O) groups is 2. The van der Waals surface area contributed by atoms with Crippen LogP contribution >= 0.6 is 11.6 Å². The van der Waals surface area contributed by atoms with Gasteiger partial charge in [0, 0.05) is 23.8 Å². The molecular formula is C23H30ClNO4. The van der Waals surface area contributed by atoms with E-state index in [1.807, 2.05) is 19.9 Å². The minimum atomic E-state index is -1.000. The molecule has 0 bridgehead atoms. The maximum absolute atomic E-state index is 12.9. The van der Waals surface area contributed by atoms with Crippen molar-refractivity contribution in [3.63, 3.8) is 0 Å². The number of nitrogens with one attached hydrogen (secondary N) is 1. The molecule has 1 aliphatic rings. The zero-order chi connectivity index (χ0) is 21.4. The molecule has 2 unspecified atom stereocenters. The number of carbonyl (C=O) groups excluding carboxylic acids is 2. The average molecular weight is 420 g/mol. The van der Waals surface area contributed by atoms with Gasteiger partial charge in [0.2, 0.25) is 5.91 Å². The zero-order valence-electron chi connectivity index (χ0n) is 17.7. The van der Waals surface area contributed by atoms with E-state index in [0.29, 0.717) is 31.1 Å². The lowest BCUT2D eigenvalue weighted by atomic mass is 9.94. The second-order valence-electron chi connectivity index (χ2n) is 7.39. The molecule has 1 aromatic carbocycles. The first-order valence-electron chi connectivity index (χ1n) is 10.1. The number of hydrogen-bond donors (Lipinski definition) is 1. The summed E-state index contributed by atoms with van der Waals surface area (Å²) in [4.78, 5) is 25.4. The van der Waals surface area contributed by atoms with Crippen LogP contribution in [0.2, 0.25) is 5.02 Å². The van der Waals surface area contributed by atoms with Crippen molar-refractivity contribution in [2.45, 2.75) is 58.4 Å². The Bertz CT molecular complexity index is 811. The lowest BCUT2D eigenvalue weighted by molar-refractivity contribution is -0.150. The summed E-state index contributed by atoms with van der Waals surface area (Å²) >= 11 is 6.46. The van der Waals surface area contributed by atoms with Gasteiger partial charge in [0.15, 0.2) is 0 Å². The van der Waals surface area contributed by atoms with Gasteiger partial charge >= 0.3 is 5.97 Å². The second-order valence-corrected chi connectivity index (χ2v) is 7.80. The third-order valence-electron chi connectivity index (χ3n) is 5.40. The van der Waals surface area contributed by atoms with Crippen molar-refractivity contribution in [1.82, 2.24) is 5.32 Å². The van der Waals surface area contributed by atoms with Crippen molar-refractivity contribution in [3.8, 4) is 11.8 Å². The molecule has 0 saturated heterocycles. The molecule has 1 aromatic rings. The van der Waals surface area contributed by atoms with Crippen molar-refractivity contribution in [2.24, 2.45) is 5.92 Å². The Balaban J connectivity index is 2.19. The summed E-state index contributed by atoms with van der Waals surface area (Å²) in [6.45, 7) is 6.94. The number of hydrogen-bond acceptors (Lipinski definition) is 4. The van der Waals surface area contributed by atoms with Crippen LogP contribution in [0.4, 0.5) is 0 Å². The number of amides is 1. The highest BCUT2D eigenvalue weighted by Crippen LogP contribution is 2.36. The van der Waals surface area contributed by atoms with Crippen LogP contribution in [0.25, 0.3) is 0 Å². The molecule has 0 radical (unpaired) electrons. The van der Waals surface area contributed by atoms with Gasteiger partial charge in [0.05, 0.1) is 13.5 Å². The topological polar surface area (TPSA) is 64.6 Å². The molecule has 2 atom stereocenters. The van der Waals surface area contributed by atoms with Crippen molar-refractivity contribution in [3.05, 3.63) is 33.8 Å². The molecule has 1 amide bonds. The van der Waals surface area contributed by atoms with Gasteiger partial charge in [-0.3, -0.25) is 4.79 Å². The summed E-state index contributed by atoms with van der Waals surface area (Å²) in [5.74, 6) is 5.45. The van der Waals surface area contributed by atoms with Crippen LogP contribution < -0.4 is 5.32 Å². The summed E-state index contributed by atoms with van der Waals surface area (Å²) in [5, 5.41) is 3.48. The number of methoxy groups -OCH3 is 1. The van der Waals surface area contributed by atoms with Gasteiger partial charge in [0.1, 0.15) is 5.54 Å². The second kappa shape index (κ2) is 10.7. The zero-order valence-corrected chi connectivity index (χ0v) is 18.4. The van der Waals surface area contributed by atoms with Gasteiger partial charge in [-0.2, -0.15) is 0 Å². The normalized spacial score (nSPS) is 20.7. The van der Waals surface area contributed by atoms with Crippen LogP contribution in [-0.4, -0.2) is 37.7 Å². The minimum Gasteiger partial charge on any atom is -0.467 e. The van der Waals surface area contributed by atoms with Crippen molar-refractivity contribution >= 4 is 23.5 Å². The van der Waals surface area contributed by atoms with E-state index in [1.165, 1.54) is 7.11 Å². The Kier molecular flexibility index (Phi) is 8.55. The van der Waals surface area contributed by atoms with Crippen LogP contribution in [0.1, 0.15) is 56.7 Å². The number of halogens is 1. The van der Waals surface area contributed by atoms with Crippen LogP contribution in [-0.2, 0) is 31.9 Å². The van der Waals surface area contributed by atoms with E-state index in [-0.39, 0.29) is 18.2 Å². The molecule has 0 heterocycles. The Morgan fingerprint density at radius 1 is 1.34 bits per heavy atom. The summed E-state index contributed by atoms with van der Waals surface area (Å²) < 4.78 is 10.5. The Morgan fingerprint density at radius 2 is 2.10 bits per heavy atom. The van der Waals surface area contributed by atoms with E-state index in [1.54, 1.807) is 13.0 Å². The lowest BCUT2D eigenvalue weighted by Gasteiger charge is -2.28. The Hall–Kier alpha value is -2.03. The Labute approximate surface area is 178 Å². The highest BCUT2D eigenvalue weighted by molar-refractivity contribution is 6.31. The van der Waals surface area contributed by atoms with Crippen LogP contribution in [0.5, 0.6) is 0 Å². The lowest BCUT2D eigenvalue weighted by Crippen LogP contribution is -2.54. The fourth-order valence-electron chi connectivity index (χ4n) is 4.01. The summed E-state index contributed by atoms with van der Waals surface area (Å²) in [6.07, 6.45) is 2.71. The van der Waals surface area contributed by atoms with Crippen molar-refractivity contribution in [2.75, 3.05) is 20.3 Å². The molecule has 1 N–H and O–H groups in total. The molecular weight excluding hydrogens is 390 g/mol. The van der Waals surface area contributed by atoms with Gasteiger partial charge in [-0.1, -0.05) is 24.4 Å². The smallest absolute Gasteiger partial charge is 0.331 e. The van der Waals surface area contributed by atoms with Crippen LogP contribution in [0, 0.1) is 17.8 Å². The predicted octanol–water partition coefficient (Wildman–Crippen LogP) is 3.68. The van der Waals surface area contributed by atoms with Gasteiger partial charge in [-0.15, -0.1) is 5.92 Å². The molecule has 0 aliphatic heterocycles. The molecule has 1 fully saturated rings. The maximum atomic E-state index is 12.9. The first kappa shape index (κ1) is 23.3. The summed E-state index contributed by atoms with van der Waals surface area (Å²) in [7, 11) is 1.35. The van der Waals surface area contributed by atoms with Gasteiger partial charge in [-0.25, -0.2) is 4.79 Å². The highest BCUT2D eigenvalue weighted by Gasteiger charge is 2.47. The summed E-state index contributed by atoms with van der Waals surface area (Å²) in [5.41, 5.74) is 1.59. The van der Waals surface area contributed by atoms with E-state index >= 15 is 0 Å². The summed E-state index contributed by atoms with van der Waals surface area (Å²) in [6, 6.07) is 3.75. The highest BCUT2D eigenvalue weighted by atomic mass is 35.5. The van der Waals surface area contributed by atoms with Gasteiger partial charge < -0.3 is 14.8 Å². The van der Waals surface area contributed by atoms with E-state index < -0.39 is 11.5 Å². The first-order valence-corrected chi connectivity index (χ1v) is 10.5. The molecule has 1 saturated carbocycles. The van der Waals surface area contributed by atoms with Crippen molar-refractivity contribution < 1.29 is 19.1 Å². The molecule has 0 aromatic heterocycles. The molecule has 29 heavy (non-hydrogen) atoms. The molecule has 5 nitrogen and oxygen atoms in total.